The molecule has 0 aliphatic rings. The maximum absolute atomic E-state index is 10.7. The van der Waals surface area contributed by atoms with E-state index in [-0.39, 0.29) is 25.0 Å². The van der Waals surface area contributed by atoms with Crippen LogP contribution < -0.4 is 11.1 Å². The topological polar surface area (TPSA) is 84.6 Å². The average Bonchev–Trinajstić information content (AvgIpc) is 2.78. The summed E-state index contributed by atoms with van der Waals surface area (Å²) in [5, 5.41) is 14.7. The Bertz CT molecular complexity index is 343. The van der Waals surface area contributed by atoms with Crippen LogP contribution in [0.3, 0.4) is 0 Å². The Morgan fingerprint density at radius 3 is 3.06 bits per heavy atom. The minimum absolute atomic E-state index is 0.0329. The molecule has 18 heavy (non-hydrogen) atoms. The summed E-state index contributed by atoms with van der Waals surface area (Å²) in [6.45, 7) is 3.03. The summed E-state index contributed by atoms with van der Waals surface area (Å²) in [6.07, 6.45) is -0.316. The van der Waals surface area contributed by atoms with E-state index in [2.05, 4.69) is 5.32 Å². The smallest absolute Gasteiger partial charge is 0.218 e. The summed E-state index contributed by atoms with van der Waals surface area (Å²) in [5.74, 6) is -0.349. The second-order valence-electron chi connectivity index (χ2n) is 4.23. The number of nitrogens with two attached hydrogens (primary N) is 1. The van der Waals surface area contributed by atoms with Gasteiger partial charge in [0.25, 0.3) is 0 Å². The molecule has 0 aromatic carbocycles. The Hall–Kier alpha value is -0.950. The van der Waals surface area contributed by atoms with Crippen molar-refractivity contribution in [3.8, 4) is 0 Å². The van der Waals surface area contributed by atoms with E-state index in [0.29, 0.717) is 13.2 Å². The van der Waals surface area contributed by atoms with E-state index < -0.39 is 6.10 Å². The number of primary amides is 1. The second-order valence-corrected chi connectivity index (χ2v) is 5.26. The van der Waals surface area contributed by atoms with Gasteiger partial charge >= 0.3 is 0 Å². The number of hydrogen-bond donors (Lipinski definition) is 3. The van der Waals surface area contributed by atoms with Gasteiger partial charge in [-0.3, -0.25) is 4.79 Å². The lowest BCUT2D eigenvalue weighted by atomic mass is 10.2. The van der Waals surface area contributed by atoms with Crippen molar-refractivity contribution in [3.05, 3.63) is 22.4 Å². The largest absolute Gasteiger partial charge is 0.389 e. The Morgan fingerprint density at radius 1 is 1.67 bits per heavy atom. The summed E-state index contributed by atoms with van der Waals surface area (Å²) >= 11 is 1.63. The van der Waals surface area contributed by atoms with Gasteiger partial charge in [-0.05, 0) is 18.4 Å². The molecule has 0 fully saturated rings. The van der Waals surface area contributed by atoms with Crippen molar-refractivity contribution in [1.29, 1.82) is 0 Å². The van der Waals surface area contributed by atoms with Crippen LogP contribution in [-0.2, 0) is 16.1 Å². The van der Waals surface area contributed by atoms with Gasteiger partial charge in [-0.15, -0.1) is 11.3 Å². The van der Waals surface area contributed by atoms with E-state index in [0.717, 1.165) is 4.88 Å². The Balaban J connectivity index is 2.06. The molecule has 1 aromatic rings. The minimum Gasteiger partial charge on any atom is -0.389 e. The van der Waals surface area contributed by atoms with Gasteiger partial charge in [0, 0.05) is 23.9 Å². The van der Waals surface area contributed by atoms with Crippen LogP contribution in [0.5, 0.6) is 0 Å². The molecule has 0 aliphatic heterocycles. The number of ether oxygens (including phenoxy) is 1. The van der Waals surface area contributed by atoms with E-state index >= 15 is 0 Å². The van der Waals surface area contributed by atoms with Crippen molar-refractivity contribution in [2.75, 3.05) is 13.2 Å². The molecule has 1 rings (SSSR count). The van der Waals surface area contributed by atoms with Crippen LogP contribution in [-0.4, -0.2) is 36.3 Å². The number of hydrogen-bond acceptors (Lipinski definition) is 5. The van der Waals surface area contributed by atoms with Gasteiger partial charge in [0.05, 0.1) is 19.3 Å². The molecule has 102 valence electrons. The molecule has 1 heterocycles. The SMILES string of the molecule is CC(CC(N)=O)NCC(O)COCc1cccs1. The van der Waals surface area contributed by atoms with Gasteiger partial charge in [-0.25, -0.2) is 0 Å². The van der Waals surface area contributed by atoms with Crippen molar-refractivity contribution in [1.82, 2.24) is 5.32 Å². The lowest BCUT2D eigenvalue weighted by Crippen LogP contribution is -2.38. The monoisotopic (exact) mass is 272 g/mol. The predicted molar refractivity (Wildman–Crippen MR) is 71.3 cm³/mol. The van der Waals surface area contributed by atoms with Crippen molar-refractivity contribution in [2.24, 2.45) is 5.73 Å². The van der Waals surface area contributed by atoms with Crippen LogP contribution in [0.2, 0.25) is 0 Å². The fourth-order valence-corrected chi connectivity index (χ4v) is 2.10. The summed E-state index contributed by atoms with van der Waals surface area (Å²) < 4.78 is 5.38. The van der Waals surface area contributed by atoms with E-state index in [1.165, 1.54) is 0 Å². The van der Waals surface area contributed by atoms with Gasteiger partial charge in [-0.1, -0.05) is 6.07 Å². The minimum atomic E-state index is -0.583. The van der Waals surface area contributed by atoms with E-state index in [1.807, 2.05) is 24.4 Å². The molecule has 0 bridgehead atoms. The molecule has 6 heteroatoms. The number of carbonyl (C=O) groups excluding carboxylic acids is 1. The van der Waals surface area contributed by atoms with Crippen molar-refractivity contribution < 1.29 is 14.6 Å². The van der Waals surface area contributed by atoms with Crippen LogP contribution in [0.4, 0.5) is 0 Å². The molecule has 0 aliphatic carbocycles. The molecule has 1 aromatic heterocycles. The second kappa shape index (κ2) is 8.20. The highest BCUT2D eigenvalue weighted by Crippen LogP contribution is 2.09. The van der Waals surface area contributed by atoms with Crippen LogP contribution in [0.15, 0.2) is 17.5 Å². The van der Waals surface area contributed by atoms with Crippen molar-refractivity contribution >= 4 is 17.2 Å². The molecular formula is C12H20N2O3S. The Labute approximate surface area is 111 Å². The van der Waals surface area contributed by atoms with Crippen LogP contribution in [0, 0.1) is 0 Å². The maximum atomic E-state index is 10.7. The number of aliphatic hydroxyl groups is 1. The van der Waals surface area contributed by atoms with Crippen molar-refractivity contribution in [2.45, 2.75) is 32.1 Å². The van der Waals surface area contributed by atoms with Gasteiger partial charge in [-0.2, -0.15) is 0 Å². The Morgan fingerprint density at radius 2 is 2.44 bits per heavy atom. The summed E-state index contributed by atoms with van der Waals surface area (Å²) in [5.41, 5.74) is 5.07. The molecule has 0 saturated heterocycles. The third kappa shape index (κ3) is 6.70. The number of rotatable bonds is 9. The maximum Gasteiger partial charge on any atom is 0.218 e. The summed E-state index contributed by atoms with van der Waals surface area (Å²) in [4.78, 5) is 11.8. The van der Waals surface area contributed by atoms with E-state index in [1.54, 1.807) is 11.3 Å². The zero-order valence-electron chi connectivity index (χ0n) is 10.5. The number of carbonyl (C=O) groups is 1. The van der Waals surface area contributed by atoms with Crippen LogP contribution in [0.25, 0.3) is 0 Å². The van der Waals surface area contributed by atoms with Crippen LogP contribution >= 0.6 is 11.3 Å². The predicted octanol–water partition coefficient (Wildman–Crippen LogP) is 0.479. The van der Waals surface area contributed by atoms with Gasteiger partial charge in [0.15, 0.2) is 0 Å². The highest BCUT2D eigenvalue weighted by Gasteiger charge is 2.09. The molecule has 5 nitrogen and oxygen atoms in total. The fraction of sp³-hybridized carbons (Fsp3) is 0.583. The standard InChI is InChI=1S/C12H20N2O3S/c1-9(5-12(13)16)14-6-10(15)7-17-8-11-3-2-4-18-11/h2-4,9-10,14-15H,5-8H2,1H3,(H2,13,16). The molecule has 0 saturated carbocycles. The molecular weight excluding hydrogens is 252 g/mol. The summed E-state index contributed by atoms with van der Waals surface area (Å²) in [7, 11) is 0. The number of aliphatic hydroxyl groups excluding tert-OH is 1. The first-order valence-electron chi connectivity index (χ1n) is 5.87. The molecule has 1 amide bonds. The molecule has 2 unspecified atom stereocenters. The highest BCUT2D eigenvalue weighted by atomic mass is 32.1. The van der Waals surface area contributed by atoms with Gasteiger partial charge in [0.2, 0.25) is 5.91 Å². The van der Waals surface area contributed by atoms with Gasteiger partial charge < -0.3 is 20.9 Å². The fourth-order valence-electron chi connectivity index (χ4n) is 1.46. The zero-order valence-corrected chi connectivity index (χ0v) is 11.3. The zero-order chi connectivity index (χ0) is 13.4. The first-order valence-corrected chi connectivity index (χ1v) is 6.75. The molecule has 0 spiro atoms. The highest BCUT2D eigenvalue weighted by molar-refractivity contribution is 7.09. The van der Waals surface area contributed by atoms with Crippen molar-refractivity contribution in [3.63, 3.8) is 0 Å². The average molecular weight is 272 g/mol. The number of thiophene rings is 1. The number of amides is 1. The molecule has 2 atom stereocenters. The van der Waals surface area contributed by atoms with E-state index in [9.17, 15) is 9.90 Å². The quantitative estimate of drug-likeness (QED) is 0.610. The van der Waals surface area contributed by atoms with Gasteiger partial charge in [0.1, 0.15) is 0 Å². The number of nitrogens with one attached hydrogen (secondary N) is 1. The van der Waals surface area contributed by atoms with E-state index in [4.69, 9.17) is 10.5 Å². The normalized spacial score (nSPS) is 14.3. The third-order valence-corrected chi connectivity index (χ3v) is 3.19. The first kappa shape index (κ1) is 15.1. The Kier molecular flexibility index (Phi) is 6.89. The lowest BCUT2D eigenvalue weighted by molar-refractivity contribution is -0.118. The molecule has 4 N–H and O–H groups in total. The third-order valence-electron chi connectivity index (χ3n) is 2.34. The summed E-state index contributed by atoms with van der Waals surface area (Å²) in [6, 6.07) is 3.92. The van der Waals surface area contributed by atoms with Crippen LogP contribution in [0.1, 0.15) is 18.2 Å². The first-order chi connectivity index (χ1) is 8.58. The molecule has 0 radical (unpaired) electrons. The lowest BCUT2D eigenvalue weighted by Gasteiger charge is -2.16.